The van der Waals surface area contributed by atoms with Crippen molar-refractivity contribution in [3.05, 3.63) is 67.8 Å². The van der Waals surface area contributed by atoms with E-state index in [2.05, 4.69) is 77.7 Å². The lowest BCUT2D eigenvalue weighted by molar-refractivity contribution is 0.347. The van der Waals surface area contributed by atoms with Crippen LogP contribution in [0.5, 0.6) is 0 Å². The van der Waals surface area contributed by atoms with Gasteiger partial charge in [0.25, 0.3) is 0 Å². The van der Waals surface area contributed by atoms with E-state index in [0.29, 0.717) is 0 Å². The third kappa shape index (κ3) is 4.58. The molecule has 0 spiro atoms. The number of benzene rings is 2. The molecule has 1 aliphatic carbocycles. The normalized spacial score (nSPS) is 19.9. The van der Waals surface area contributed by atoms with E-state index in [1.54, 1.807) is 5.56 Å². The van der Waals surface area contributed by atoms with E-state index < -0.39 is 0 Å². The highest BCUT2D eigenvalue weighted by Gasteiger charge is 2.22. The molecule has 2 nitrogen and oxygen atoms in total. The van der Waals surface area contributed by atoms with E-state index in [9.17, 15) is 0 Å². The zero-order chi connectivity index (χ0) is 22.0. The van der Waals surface area contributed by atoms with E-state index in [1.807, 2.05) is 12.4 Å². The van der Waals surface area contributed by atoms with Crippen molar-refractivity contribution in [1.82, 2.24) is 0 Å². The highest BCUT2D eigenvalue weighted by molar-refractivity contribution is 5.87. The van der Waals surface area contributed by atoms with Crippen LogP contribution in [0.1, 0.15) is 94.2 Å². The molecule has 2 aromatic carbocycles. The van der Waals surface area contributed by atoms with Crippen molar-refractivity contribution in [2.45, 2.75) is 87.0 Å². The first-order valence-corrected chi connectivity index (χ1v) is 11.4. The molecule has 0 N–H and O–H groups in total. The molecule has 2 aromatic rings. The van der Waals surface area contributed by atoms with Crippen LogP contribution in [0, 0.1) is 54.4 Å². The van der Waals surface area contributed by atoms with Crippen LogP contribution in [0.15, 0.2) is 22.3 Å². The maximum Gasteiger partial charge on any atom is 0.0573 e. The average Bonchev–Trinajstić information content (AvgIpc) is 2.72. The fourth-order valence-electron chi connectivity index (χ4n) is 4.89. The first-order chi connectivity index (χ1) is 14.2. The van der Waals surface area contributed by atoms with Crippen LogP contribution in [-0.4, -0.2) is 12.4 Å². The number of hydrogen-bond donors (Lipinski definition) is 0. The van der Waals surface area contributed by atoms with Crippen LogP contribution < -0.4 is 0 Å². The minimum absolute atomic E-state index is 0.721. The molecule has 30 heavy (non-hydrogen) atoms. The van der Waals surface area contributed by atoms with E-state index in [0.717, 1.165) is 17.4 Å². The molecule has 3 rings (SSSR count). The summed E-state index contributed by atoms with van der Waals surface area (Å²) in [6.07, 6.45) is 9.19. The van der Waals surface area contributed by atoms with Crippen molar-refractivity contribution in [2.75, 3.05) is 0 Å². The predicted molar refractivity (Wildman–Crippen MR) is 132 cm³/mol. The maximum absolute atomic E-state index is 4.42. The van der Waals surface area contributed by atoms with Gasteiger partial charge in [0.1, 0.15) is 0 Å². The molecule has 0 amide bonds. The summed E-state index contributed by atoms with van der Waals surface area (Å²) >= 11 is 0. The Kier molecular flexibility index (Phi) is 6.95. The summed E-state index contributed by atoms with van der Waals surface area (Å²) in [6.45, 7) is 17.8. The molecule has 2 heteroatoms. The molecule has 0 unspecified atom stereocenters. The standard InChI is InChI=1S/C28H38N2/c1-17-9-11-25(12-10-17)27-14-19(3)28(24(8)23(27)7)16-30-29-15-26-13-18(2)20(4)21(5)22(26)6/h13-17,25H,9-12H2,1-8H3/b29-15-,30-16-. The number of aryl methyl sites for hydroxylation is 2. The maximum atomic E-state index is 4.42. The van der Waals surface area contributed by atoms with Gasteiger partial charge in [-0.25, -0.2) is 0 Å². The topological polar surface area (TPSA) is 24.7 Å². The Hall–Kier alpha value is -2.22. The molecule has 1 fully saturated rings. The zero-order valence-corrected chi connectivity index (χ0v) is 20.2. The van der Waals surface area contributed by atoms with Crippen LogP contribution in [0.3, 0.4) is 0 Å². The van der Waals surface area contributed by atoms with Crippen molar-refractivity contribution < 1.29 is 0 Å². The quantitative estimate of drug-likeness (QED) is 0.372. The Morgan fingerprint density at radius 3 is 1.97 bits per heavy atom. The second-order valence-corrected chi connectivity index (χ2v) is 9.55. The molecule has 0 atom stereocenters. The Balaban J connectivity index is 1.83. The molecule has 160 valence electrons. The molecule has 0 saturated heterocycles. The summed E-state index contributed by atoms with van der Waals surface area (Å²) in [7, 11) is 0. The third-order valence-corrected chi connectivity index (χ3v) is 7.62. The lowest BCUT2D eigenvalue weighted by atomic mass is 9.76. The summed E-state index contributed by atoms with van der Waals surface area (Å²) < 4.78 is 0. The van der Waals surface area contributed by atoms with E-state index in [-0.39, 0.29) is 0 Å². The van der Waals surface area contributed by atoms with Gasteiger partial charge in [0.2, 0.25) is 0 Å². The second-order valence-electron chi connectivity index (χ2n) is 9.55. The first kappa shape index (κ1) is 22.5. The molecule has 1 aliphatic rings. The van der Waals surface area contributed by atoms with Gasteiger partial charge in [0.15, 0.2) is 0 Å². The van der Waals surface area contributed by atoms with Gasteiger partial charge in [-0.2, -0.15) is 10.2 Å². The minimum atomic E-state index is 0.721. The first-order valence-electron chi connectivity index (χ1n) is 11.4. The molecule has 0 heterocycles. The highest BCUT2D eigenvalue weighted by Crippen LogP contribution is 2.38. The largest absolute Gasteiger partial charge is 0.159 e. The van der Waals surface area contributed by atoms with Crippen molar-refractivity contribution in [3.8, 4) is 0 Å². The predicted octanol–water partition coefficient (Wildman–Crippen LogP) is 7.59. The zero-order valence-electron chi connectivity index (χ0n) is 20.2. The lowest BCUT2D eigenvalue weighted by Gasteiger charge is -2.29. The molecule has 0 radical (unpaired) electrons. The Labute approximate surface area is 183 Å². The summed E-state index contributed by atoms with van der Waals surface area (Å²) in [5, 5.41) is 8.81. The molecule has 0 bridgehead atoms. The Morgan fingerprint density at radius 2 is 1.30 bits per heavy atom. The molecular weight excluding hydrogens is 364 g/mol. The Morgan fingerprint density at radius 1 is 0.667 bits per heavy atom. The summed E-state index contributed by atoms with van der Waals surface area (Å²) in [5.41, 5.74) is 13.3. The summed E-state index contributed by atoms with van der Waals surface area (Å²) in [6, 6.07) is 4.61. The van der Waals surface area contributed by atoms with Gasteiger partial charge in [-0.3, -0.25) is 0 Å². The van der Waals surface area contributed by atoms with Crippen LogP contribution in [0.25, 0.3) is 0 Å². The lowest BCUT2D eigenvalue weighted by Crippen LogP contribution is -2.13. The second kappa shape index (κ2) is 9.29. The molecular formula is C28H38N2. The fraction of sp³-hybridized carbons (Fsp3) is 0.500. The average molecular weight is 403 g/mol. The minimum Gasteiger partial charge on any atom is -0.159 e. The Bertz CT molecular complexity index is 987. The summed E-state index contributed by atoms with van der Waals surface area (Å²) in [5.74, 6) is 1.61. The number of hydrogen-bond acceptors (Lipinski definition) is 2. The van der Waals surface area contributed by atoms with Crippen LogP contribution in [0.4, 0.5) is 0 Å². The highest BCUT2D eigenvalue weighted by atomic mass is 15.2. The van der Waals surface area contributed by atoms with Gasteiger partial charge in [-0.05, 0) is 129 Å². The van der Waals surface area contributed by atoms with Crippen LogP contribution >= 0.6 is 0 Å². The van der Waals surface area contributed by atoms with Gasteiger partial charge in [-0.15, -0.1) is 0 Å². The van der Waals surface area contributed by atoms with E-state index >= 15 is 0 Å². The van der Waals surface area contributed by atoms with E-state index in [4.69, 9.17) is 0 Å². The van der Waals surface area contributed by atoms with E-state index in [1.165, 1.54) is 70.2 Å². The van der Waals surface area contributed by atoms with Crippen LogP contribution in [0.2, 0.25) is 0 Å². The van der Waals surface area contributed by atoms with Crippen molar-refractivity contribution >= 4 is 12.4 Å². The van der Waals surface area contributed by atoms with Gasteiger partial charge >= 0.3 is 0 Å². The molecule has 0 aliphatic heterocycles. The van der Waals surface area contributed by atoms with Gasteiger partial charge in [-0.1, -0.05) is 25.8 Å². The van der Waals surface area contributed by atoms with Crippen molar-refractivity contribution in [2.24, 2.45) is 16.1 Å². The molecule has 1 saturated carbocycles. The fourth-order valence-corrected chi connectivity index (χ4v) is 4.89. The monoisotopic (exact) mass is 402 g/mol. The van der Waals surface area contributed by atoms with Gasteiger partial charge < -0.3 is 0 Å². The third-order valence-electron chi connectivity index (χ3n) is 7.62. The number of nitrogens with zero attached hydrogens (tertiary/aromatic N) is 2. The van der Waals surface area contributed by atoms with Gasteiger partial charge in [0.05, 0.1) is 12.4 Å². The SMILES string of the molecule is Cc1cc(/C=N\N=C/c2c(C)cc(C3CCC(C)CC3)c(C)c2C)c(C)c(C)c1C. The smallest absolute Gasteiger partial charge is 0.0573 e. The summed E-state index contributed by atoms with van der Waals surface area (Å²) in [4.78, 5) is 0. The van der Waals surface area contributed by atoms with Crippen molar-refractivity contribution in [3.63, 3.8) is 0 Å². The van der Waals surface area contributed by atoms with Crippen molar-refractivity contribution in [1.29, 1.82) is 0 Å². The van der Waals surface area contributed by atoms with Crippen LogP contribution in [-0.2, 0) is 0 Å². The van der Waals surface area contributed by atoms with Gasteiger partial charge in [0, 0.05) is 5.56 Å². The number of rotatable bonds is 4. The molecule has 0 aromatic heterocycles.